The van der Waals surface area contributed by atoms with Crippen molar-refractivity contribution in [3.63, 3.8) is 0 Å². The summed E-state index contributed by atoms with van der Waals surface area (Å²) in [5, 5.41) is 0. The van der Waals surface area contributed by atoms with E-state index in [2.05, 4.69) is 0 Å². The van der Waals surface area contributed by atoms with E-state index in [0.29, 0.717) is 21.5 Å². The van der Waals surface area contributed by atoms with Gasteiger partial charge in [-0.15, -0.1) is 0 Å². The highest BCUT2D eigenvalue weighted by Gasteiger charge is 2.29. The average Bonchev–Trinajstić information content (AvgIpc) is 3.16. The Hall–Kier alpha value is -3.70. The molecular weight excluding hydrogens is 523 g/mol. The molecule has 3 amide bonds. The minimum Gasteiger partial charge on any atom is -0.351 e. The monoisotopic (exact) mass is 552 g/mol. The number of rotatable bonds is 6. The van der Waals surface area contributed by atoms with E-state index in [1.54, 1.807) is 19.9 Å². The number of primary amides is 1. The number of carbonyl (C=O) groups excluding carboxylic acids is 2. The summed E-state index contributed by atoms with van der Waals surface area (Å²) in [7, 11) is 1.18. The number of carbonyl (C=O) groups is 2. The number of benzene rings is 2. The number of fused-ring (bicyclic) bond motifs is 1. The van der Waals surface area contributed by atoms with E-state index >= 15 is 0 Å². The van der Waals surface area contributed by atoms with E-state index in [1.807, 2.05) is 0 Å². The van der Waals surface area contributed by atoms with Gasteiger partial charge in [0.05, 0.1) is 24.0 Å². The summed E-state index contributed by atoms with van der Waals surface area (Å²) in [6.07, 6.45) is 4.39. The van der Waals surface area contributed by atoms with E-state index in [0.717, 1.165) is 36.7 Å². The van der Waals surface area contributed by atoms with E-state index in [9.17, 15) is 36.3 Å². The molecule has 1 heterocycles. The number of imidazole rings is 1. The fraction of sp³-hybridized carbons (Fsp3) is 0.444. The van der Waals surface area contributed by atoms with Crippen LogP contribution < -0.4 is 11.4 Å². The predicted molar refractivity (Wildman–Crippen MR) is 134 cm³/mol. The molecule has 0 unspecified atom stereocenters. The van der Waals surface area contributed by atoms with Crippen molar-refractivity contribution in [1.82, 2.24) is 14.0 Å². The lowest BCUT2D eigenvalue weighted by atomic mass is 9.89. The lowest BCUT2D eigenvalue weighted by Crippen LogP contribution is -2.38. The zero-order valence-electron chi connectivity index (χ0n) is 21.8. The van der Waals surface area contributed by atoms with Gasteiger partial charge in [0.1, 0.15) is 0 Å². The maximum Gasteiger partial charge on any atom is 0.329 e. The SMILES string of the molecule is Cc1cc2c(c(CC(=O)N(C)C(N)=O)c1C)n(Cc1c(F)c(F)c(F)c(F)c1F)c(=O)n2CC1CCCCC1. The zero-order valence-corrected chi connectivity index (χ0v) is 21.8. The Balaban J connectivity index is 1.99. The minimum absolute atomic E-state index is 0.120. The molecule has 0 radical (unpaired) electrons. The van der Waals surface area contributed by atoms with Crippen molar-refractivity contribution >= 4 is 23.0 Å². The molecule has 1 fully saturated rings. The van der Waals surface area contributed by atoms with Crippen LogP contribution in [0.25, 0.3) is 11.0 Å². The van der Waals surface area contributed by atoms with Gasteiger partial charge in [-0.25, -0.2) is 31.5 Å². The minimum atomic E-state index is -2.30. The van der Waals surface area contributed by atoms with Gasteiger partial charge in [0.25, 0.3) is 0 Å². The van der Waals surface area contributed by atoms with Crippen LogP contribution in [0.4, 0.5) is 26.7 Å². The molecule has 39 heavy (non-hydrogen) atoms. The Morgan fingerprint density at radius 3 is 2.05 bits per heavy atom. The molecule has 210 valence electrons. The van der Waals surface area contributed by atoms with Crippen molar-refractivity contribution in [3.8, 4) is 0 Å². The third kappa shape index (κ3) is 5.04. The molecule has 0 bridgehead atoms. The van der Waals surface area contributed by atoms with Gasteiger partial charge in [-0.1, -0.05) is 19.3 Å². The maximum atomic E-state index is 14.7. The fourth-order valence-corrected chi connectivity index (χ4v) is 5.31. The number of halogens is 5. The third-order valence-electron chi connectivity index (χ3n) is 7.76. The number of hydrogen-bond donors (Lipinski definition) is 1. The van der Waals surface area contributed by atoms with Gasteiger partial charge in [0.2, 0.25) is 11.7 Å². The smallest absolute Gasteiger partial charge is 0.329 e. The van der Waals surface area contributed by atoms with Crippen molar-refractivity contribution < 1.29 is 31.5 Å². The molecule has 1 aromatic heterocycles. The molecule has 0 spiro atoms. The molecule has 1 saturated carbocycles. The van der Waals surface area contributed by atoms with Gasteiger partial charge in [-0.2, -0.15) is 0 Å². The van der Waals surface area contributed by atoms with Crippen LogP contribution in [0.3, 0.4) is 0 Å². The first-order valence-electron chi connectivity index (χ1n) is 12.6. The molecule has 2 N–H and O–H groups in total. The molecule has 1 aliphatic carbocycles. The third-order valence-corrected chi connectivity index (χ3v) is 7.76. The predicted octanol–water partition coefficient (Wildman–Crippen LogP) is 4.82. The lowest BCUT2D eigenvalue weighted by Gasteiger charge is -2.22. The number of imide groups is 1. The fourth-order valence-electron chi connectivity index (χ4n) is 5.31. The summed E-state index contributed by atoms with van der Waals surface area (Å²) in [4.78, 5) is 38.9. The van der Waals surface area contributed by atoms with Gasteiger partial charge in [0, 0.05) is 19.2 Å². The summed E-state index contributed by atoms with van der Waals surface area (Å²) < 4.78 is 73.5. The Morgan fingerprint density at radius 1 is 0.923 bits per heavy atom. The number of aromatic nitrogens is 2. The molecular formula is C27H29F5N4O3. The molecule has 0 saturated heterocycles. The van der Waals surface area contributed by atoms with Gasteiger partial charge < -0.3 is 5.73 Å². The van der Waals surface area contributed by atoms with Crippen LogP contribution in [0.15, 0.2) is 10.9 Å². The highest BCUT2D eigenvalue weighted by atomic mass is 19.2. The second-order valence-corrected chi connectivity index (χ2v) is 10.2. The average molecular weight is 553 g/mol. The number of aryl methyl sites for hydroxylation is 1. The highest BCUT2D eigenvalue weighted by molar-refractivity contribution is 5.96. The topological polar surface area (TPSA) is 90.3 Å². The Morgan fingerprint density at radius 2 is 1.49 bits per heavy atom. The second kappa shape index (κ2) is 10.8. The molecule has 4 rings (SSSR count). The summed E-state index contributed by atoms with van der Waals surface area (Å²) in [6.45, 7) is 2.76. The van der Waals surface area contributed by atoms with E-state index in [4.69, 9.17) is 5.73 Å². The first kappa shape index (κ1) is 28.3. The van der Waals surface area contributed by atoms with Crippen LogP contribution in [0.1, 0.15) is 54.4 Å². The van der Waals surface area contributed by atoms with Crippen LogP contribution in [-0.4, -0.2) is 33.0 Å². The molecule has 12 heteroatoms. The zero-order chi connectivity index (χ0) is 28.8. The first-order valence-corrected chi connectivity index (χ1v) is 12.6. The number of amides is 3. The Bertz CT molecular complexity index is 1510. The molecule has 7 nitrogen and oxygen atoms in total. The highest BCUT2D eigenvalue weighted by Crippen LogP contribution is 2.31. The normalized spacial score (nSPS) is 14.3. The quantitative estimate of drug-likeness (QED) is 0.270. The number of nitrogens with zero attached hydrogens (tertiary/aromatic N) is 3. The lowest BCUT2D eigenvalue weighted by molar-refractivity contribution is -0.126. The summed E-state index contributed by atoms with van der Waals surface area (Å²) in [6, 6.07) is 0.700. The Kier molecular flexibility index (Phi) is 7.85. The van der Waals surface area contributed by atoms with Crippen LogP contribution in [0, 0.1) is 48.9 Å². The van der Waals surface area contributed by atoms with Crippen LogP contribution in [-0.2, 0) is 24.3 Å². The molecule has 2 aromatic carbocycles. The van der Waals surface area contributed by atoms with Crippen LogP contribution in [0.5, 0.6) is 0 Å². The van der Waals surface area contributed by atoms with Crippen molar-refractivity contribution in [2.24, 2.45) is 11.7 Å². The largest absolute Gasteiger partial charge is 0.351 e. The van der Waals surface area contributed by atoms with Crippen LogP contribution >= 0.6 is 0 Å². The number of hydrogen-bond acceptors (Lipinski definition) is 3. The summed E-state index contributed by atoms with van der Waals surface area (Å²) >= 11 is 0. The number of nitrogens with two attached hydrogens (primary N) is 1. The number of urea groups is 1. The molecule has 0 aliphatic heterocycles. The maximum absolute atomic E-state index is 14.7. The van der Waals surface area contributed by atoms with Crippen molar-refractivity contribution in [2.45, 2.75) is 65.5 Å². The Labute approximate surface area is 221 Å². The van der Waals surface area contributed by atoms with Gasteiger partial charge >= 0.3 is 11.7 Å². The van der Waals surface area contributed by atoms with Gasteiger partial charge in [-0.3, -0.25) is 18.8 Å². The standard InChI is InChI=1S/C27H29F5N4O3/c1-13-9-18-25(16(14(13)2)10-19(37)34(3)26(33)38)36(27(39)35(18)11-15-7-5-4-6-8-15)12-17-20(28)22(30)24(32)23(31)21(17)29/h9,15H,4-8,10-12H2,1-3H3,(H2,33,38). The van der Waals surface area contributed by atoms with E-state index in [-0.39, 0.29) is 23.5 Å². The van der Waals surface area contributed by atoms with Crippen molar-refractivity contribution in [1.29, 1.82) is 0 Å². The molecule has 1 aliphatic rings. The number of likely N-dealkylation sites (N-methyl/N-ethyl adjacent to an activating group) is 1. The van der Waals surface area contributed by atoms with Gasteiger partial charge in [0.15, 0.2) is 23.3 Å². The summed E-state index contributed by atoms with van der Waals surface area (Å²) in [5.41, 5.74) is 5.39. The first-order chi connectivity index (χ1) is 18.3. The van der Waals surface area contributed by atoms with Crippen molar-refractivity contribution in [2.75, 3.05) is 7.05 Å². The second-order valence-electron chi connectivity index (χ2n) is 10.2. The van der Waals surface area contributed by atoms with Crippen LogP contribution in [0.2, 0.25) is 0 Å². The van der Waals surface area contributed by atoms with Crippen molar-refractivity contribution in [3.05, 3.63) is 67.9 Å². The van der Waals surface area contributed by atoms with E-state index < -0.39 is 65.2 Å². The molecule has 0 atom stereocenters. The van der Waals surface area contributed by atoms with E-state index in [1.165, 1.54) is 11.6 Å². The molecule has 3 aromatic rings. The summed E-state index contributed by atoms with van der Waals surface area (Å²) in [5.74, 6) is -11.2. The van der Waals surface area contributed by atoms with Gasteiger partial charge in [-0.05, 0) is 55.4 Å².